The summed E-state index contributed by atoms with van der Waals surface area (Å²) in [5, 5.41) is 2.78. The first-order valence-electron chi connectivity index (χ1n) is 8.47. The molecule has 1 aliphatic rings. The lowest BCUT2D eigenvalue weighted by molar-refractivity contribution is 0.0952. The largest absolute Gasteiger partial charge is 0.352 e. The maximum Gasteiger partial charge on any atom is 0.251 e. The molecule has 0 aliphatic carbocycles. The molecule has 0 radical (unpaired) electrons. The quantitative estimate of drug-likeness (QED) is 0.778. The van der Waals surface area contributed by atoms with E-state index in [4.69, 9.17) is 5.73 Å². The fourth-order valence-electron chi connectivity index (χ4n) is 2.78. The van der Waals surface area contributed by atoms with Crippen molar-refractivity contribution in [2.24, 2.45) is 5.73 Å². The van der Waals surface area contributed by atoms with Crippen molar-refractivity contribution in [1.29, 1.82) is 0 Å². The van der Waals surface area contributed by atoms with Gasteiger partial charge in [0.05, 0.1) is 4.90 Å². The number of nitrogens with zero attached hydrogens (tertiary/aromatic N) is 1. The Bertz CT molecular complexity index is 686. The van der Waals surface area contributed by atoms with E-state index in [1.165, 1.54) is 10.4 Å². The van der Waals surface area contributed by atoms with Gasteiger partial charge in [0.15, 0.2) is 0 Å². The van der Waals surface area contributed by atoms with Crippen LogP contribution >= 0.6 is 12.4 Å². The van der Waals surface area contributed by atoms with Gasteiger partial charge in [-0.3, -0.25) is 4.79 Å². The van der Waals surface area contributed by atoms with Gasteiger partial charge >= 0.3 is 0 Å². The molecule has 0 aromatic heterocycles. The normalized spacial score (nSPS) is 16.8. The summed E-state index contributed by atoms with van der Waals surface area (Å²) in [5.41, 5.74) is 6.69. The highest BCUT2D eigenvalue weighted by molar-refractivity contribution is 7.89. The zero-order chi connectivity index (χ0) is 17.7. The summed E-state index contributed by atoms with van der Waals surface area (Å²) in [7, 11) is -3.55. The third-order valence-electron chi connectivity index (χ3n) is 4.27. The van der Waals surface area contributed by atoms with Crippen LogP contribution in [0.5, 0.6) is 0 Å². The predicted octanol–water partition coefficient (Wildman–Crippen LogP) is 2.06. The van der Waals surface area contributed by atoms with Crippen LogP contribution in [0.2, 0.25) is 0 Å². The van der Waals surface area contributed by atoms with Crippen molar-refractivity contribution >= 4 is 28.3 Å². The predicted molar refractivity (Wildman–Crippen MR) is 102 cm³/mol. The standard InChI is InChI=1S/C17H27N3O3S.ClH/c1-13-6-7-15(17(21)19-9-8-14(2)18)12-16(13)24(22,23)20-10-4-3-5-11-20;/h6-7,12,14H,3-5,8-11,18H2,1-2H3,(H,19,21);1H. The molecule has 8 heteroatoms. The molecule has 1 aromatic rings. The second-order valence-corrected chi connectivity index (χ2v) is 8.37. The fraction of sp³-hybridized carbons (Fsp3) is 0.588. The first kappa shape index (κ1) is 21.9. The van der Waals surface area contributed by atoms with Crippen LogP contribution in [0.1, 0.15) is 48.5 Å². The first-order chi connectivity index (χ1) is 11.3. The van der Waals surface area contributed by atoms with E-state index in [1.54, 1.807) is 19.1 Å². The lowest BCUT2D eigenvalue weighted by atomic mass is 10.1. The number of sulfonamides is 1. The Kier molecular flexibility index (Phi) is 8.34. The molecule has 25 heavy (non-hydrogen) atoms. The van der Waals surface area contributed by atoms with Crippen LogP contribution in [0.25, 0.3) is 0 Å². The Labute approximate surface area is 156 Å². The van der Waals surface area contributed by atoms with Crippen LogP contribution in [0.3, 0.4) is 0 Å². The number of aryl methyl sites for hydroxylation is 1. The number of halogens is 1. The Morgan fingerprint density at radius 1 is 1.28 bits per heavy atom. The number of hydrogen-bond donors (Lipinski definition) is 2. The SMILES string of the molecule is Cc1ccc(C(=O)NCCC(C)N)cc1S(=O)(=O)N1CCCCC1.Cl. The molecule has 3 N–H and O–H groups in total. The van der Waals surface area contributed by atoms with Crippen LogP contribution in [0.15, 0.2) is 23.1 Å². The Balaban J connectivity index is 0.00000312. The molecule has 2 rings (SSSR count). The minimum Gasteiger partial charge on any atom is -0.352 e. The fourth-order valence-corrected chi connectivity index (χ4v) is 4.55. The third-order valence-corrected chi connectivity index (χ3v) is 6.31. The van der Waals surface area contributed by atoms with E-state index >= 15 is 0 Å². The average molecular weight is 390 g/mol. The second kappa shape index (κ2) is 9.52. The maximum absolute atomic E-state index is 12.9. The van der Waals surface area contributed by atoms with Crippen LogP contribution < -0.4 is 11.1 Å². The minimum absolute atomic E-state index is 0. The number of carbonyl (C=O) groups excluding carboxylic acids is 1. The Morgan fingerprint density at radius 2 is 1.92 bits per heavy atom. The highest BCUT2D eigenvalue weighted by atomic mass is 35.5. The molecule has 1 amide bonds. The van der Waals surface area contributed by atoms with Gasteiger partial charge in [-0.15, -0.1) is 12.4 Å². The summed E-state index contributed by atoms with van der Waals surface area (Å²) in [6.07, 6.45) is 3.51. The zero-order valence-corrected chi connectivity index (χ0v) is 16.5. The Morgan fingerprint density at radius 3 is 2.52 bits per heavy atom. The zero-order valence-electron chi connectivity index (χ0n) is 14.8. The highest BCUT2D eigenvalue weighted by Gasteiger charge is 2.28. The van der Waals surface area contributed by atoms with E-state index in [9.17, 15) is 13.2 Å². The van der Waals surface area contributed by atoms with Crippen LogP contribution in [-0.4, -0.2) is 44.3 Å². The molecule has 0 spiro atoms. The first-order valence-corrected chi connectivity index (χ1v) is 9.91. The summed E-state index contributed by atoms with van der Waals surface area (Å²) in [6, 6.07) is 4.85. The number of carbonyl (C=O) groups is 1. The van der Waals surface area contributed by atoms with E-state index in [1.807, 2.05) is 6.92 Å². The van der Waals surface area contributed by atoms with Crippen molar-refractivity contribution in [3.63, 3.8) is 0 Å². The monoisotopic (exact) mass is 389 g/mol. The molecule has 0 saturated carbocycles. The van der Waals surface area contributed by atoms with Crippen molar-refractivity contribution in [3.8, 4) is 0 Å². The number of piperidine rings is 1. The molecule has 1 saturated heterocycles. The van der Waals surface area contributed by atoms with Crippen molar-refractivity contribution in [2.45, 2.75) is 50.5 Å². The Hall–Kier alpha value is -1.15. The van der Waals surface area contributed by atoms with Crippen LogP contribution in [0.4, 0.5) is 0 Å². The summed E-state index contributed by atoms with van der Waals surface area (Å²) < 4.78 is 27.3. The van der Waals surface area contributed by atoms with Crippen LogP contribution in [0, 0.1) is 6.92 Å². The van der Waals surface area contributed by atoms with Crippen molar-refractivity contribution < 1.29 is 13.2 Å². The maximum atomic E-state index is 12.9. The van der Waals surface area contributed by atoms with E-state index in [2.05, 4.69) is 5.32 Å². The third kappa shape index (κ3) is 5.67. The molecule has 1 heterocycles. The van der Waals surface area contributed by atoms with Gasteiger partial charge in [-0.25, -0.2) is 8.42 Å². The second-order valence-electron chi connectivity index (χ2n) is 6.47. The number of rotatable bonds is 6. The average Bonchev–Trinajstić information content (AvgIpc) is 2.55. The summed E-state index contributed by atoms with van der Waals surface area (Å²) >= 11 is 0. The van der Waals surface area contributed by atoms with Gasteiger partial charge < -0.3 is 11.1 Å². The summed E-state index contributed by atoms with van der Waals surface area (Å²) in [6.45, 7) is 5.20. The summed E-state index contributed by atoms with van der Waals surface area (Å²) in [4.78, 5) is 12.5. The molecule has 1 aliphatic heterocycles. The molecule has 0 bridgehead atoms. The van der Waals surface area contributed by atoms with Gasteiger partial charge in [-0.1, -0.05) is 12.5 Å². The number of hydrogen-bond acceptors (Lipinski definition) is 4. The van der Waals surface area contributed by atoms with E-state index < -0.39 is 10.0 Å². The smallest absolute Gasteiger partial charge is 0.251 e. The van der Waals surface area contributed by atoms with Gasteiger partial charge in [-0.2, -0.15) is 4.31 Å². The topological polar surface area (TPSA) is 92.5 Å². The van der Waals surface area contributed by atoms with Crippen LogP contribution in [-0.2, 0) is 10.0 Å². The molecule has 142 valence electrons. The van der Waals surface area contributed by atoms with Gasteiger partial charge in [-0.05, 0) is 50.8 Å². The number of nitrogens with one attached hydrogen (secondary N) is 1. The molecule has 1 aromatic carbocycles. The molecule has 1 atom stereocenters. The number of amides is 1. The van der Waals surface area contributed by atoms with Crippen molar-refractivity contribution in [3.05, 3.63) is 29.3 Å². The molecule has 1 unspecified atom stereocenters. The molecule has 6 nitrogen and oxygen atoms in total. The molecular formula is C17H28ClN3O3S. The molecular weight excluding hydrogens is 362 g/mol. The van der Waals surface area contributed by atoms with Gasteiger partial charge in [0.2, 0.25) is 10.0 Å². The summed E-state index contributed by atoms with van der Waals surface area (Å²) in [5.74, 6) is -0.272. The lowest BCUT2D eigenvalue weighted by Crippen LogP contribution is -2.36. The number of benzene rings is 1. The van der Waals surface area contributed by atoms with Gasteiger partial charge in [0, 0.05) is 31.2 Å². The molecule has 1 fully saturated rings. The van der Waals surface area contributed by atoms with Gasteiger partial charge in [0.1, 0.15) is 0 Å². The lowest BCUT2D eigenvalue weighted by Gasteiger charge is -2.26. The van der Waals surface area contributed by atoms with E-state index in [0.29, 0.717) is 37.2 Å². The van der Waals surface area contributed by atoms with Crippen molar-refractivity contribution in [2.75, 3.05) is 19.6 Å². The number of nitrogens with two attached hydrogens (primary N) is 1. The van der Waals surface area contributed by atoms with E-state index in [-0.39, 0.29) is 29.3 Å². The minimum atomic E-state index is -3.55. The van der Waals surface area contributed by atoms with Crippen molar-refractivity contribution in [1.82, 2.24) is 9.62 Å². The van der Waals surface area contributed by atoms with Gasteiger partial charge in [0.25, 0.3) is 5.91 Å². The highest BCUT2D eigenvalue weighted by Crippen LogP contribution is 2.24. The van der Waals surface area contributed by atoms with E-state index in [0.717, 1.165) is 19.3 Å².